The Bertz CT molecular complexity index is 1220. The summed E-state index contributed by atoms with van der Waals surface area (Å²) in [5, 5.41) is 3.12. The summed E-state index contributed by atoms with van der Waals surface area (Å²) in [5.41, 5.74) is 2.41. The quantitative estimate of drug-likeness (QED) is 0.315. The average molecular weight is 569 g/mol. The molecule has 0 aromatic heterocycles. The van der Waals surface area contributed by atoms with Crippen molar-refractivity contribution in [2.45, 2.75) is 37.3 Å². The summed E-state index contributed by atoms with van der Waals surface area (Å²) in [4.78, 5) is 15.5. The van der Waals surface area contributed by atoms with E-state index in [9.17, 15) is 13.6 Å². The first-order valence-electron chi connectivity index (χ1n) is 13.7. The molecule has 0 saturated carbocycles. The van der Waals surface area contributed by atoms with E-state index in [1.54, 1.807) is 43.5 Å². The van der Waals surface area contributed by atoms with Crippen molar-refractivity contribution < 1.29 is 32.5 Å². The van der Waals surface area contributed by atoms with Crippen molar-refractivity contribution in [1.82, 2.24) is 10.2 Å². The highest BCUT2D eigenvalue weighted by Gasteiger charge is 2.31. The molecule has 41 heavy (non-hydrogen) atoms. The number of nitrogens with one attached hydrogen (secondary N) is 1. The highest BCUT2D eigenvalue weighted by Crippen LogP contribution is 2.38. The van der Waals surface area contributed by atoms with Crippen molar-refractivity contribution in [3.63, 3.8) is 0 Å². The summed E-state index contributed by atoms with van der Waals surface area (Å²) >= 11 is 0. The molecule has 1 N–H and O–H groups in total. The molecule has 1 aliphatic rings. The van der Waals surface area contributed by atoms with Crippen LogP contribution >= 0.6 is 0 Å². The monoisotopic (exact) mass is 568 g/mol. The fourth-order valence-corrected chi connectivity index (χ4v) is 5.49. The maximum Gasteiger partial charge on any atom is 0.251 e. The lowest BCUT2D eigenvalue weighted by molar-refractivity contribution is 0.00596. The highest BCUT2D eigenvalue weighted by atomic mass is 19.1. The fraction of sp³-hybridized carbons (Fsp3) is 0.406. The molecule has 0 spiro atoms. The number of ether oxygens (including phenoxy) is 4. The van der Waals surface area contributed by atoms with Crippen LogP contribution in [0.4, 0.5) is 8.78 Å². The first-order chi connectivity index (χ1) is 19.9. The van der Waals surface area contributed by atoms with E-state index in [4.69, 9.17) is 18.9 Å². The second kappa shape index (κ2) is 14.3. The summed E-state index contributed by atoms with van der Waals surface area (Å²) in [5.74, 6) is 0.478. The summed E-state index contributed by atoms with van der Waals surface area (Å²) < 4.78 is 49.1. The number of halogens is 2. The molecular weight excluding hydrogens is 530 g/mol. The Balaban J connectivity index is 1.36. The van der Waals surface area contributed by atoms with Crippen LogP contribution in [0, 0.1) is 11.6 Å². The van der Waals surface area contributed by atoms with Crippen LogP contribution in [0.15, 0.2) is 60.7 Å². The first-order valence-corrected chi connectivity index (χ1v) is 13.7. The van der Waals surface area contributed by atoms with E-state index in [1.807, 2.05) is 0 Å². The van der Waals surface area contributed by atoms with Crippen molar-refractivity contribution >= 4 is 5.91 Å². The van der Waals surface area contributed by atoms with Crippen LogP contribution in [-0.2, 0) is 4.74 Å². The molecule has 1 aliphatic heterocycles. The molecule has 3 aromatic rings. The minimum Gasteiger partial charge on any atom is -0.493 e. The zero-order chi connectivity index (χ0) is 29.4. The Morgan fingerprint density at radius 1 is 0.902 bits per heavy atom. The van der Waals surface area contributed by atoms with Crippen molar-refractivity contribution in [2.75, 3.05) is 48.1 Å². The van der Waals surface area contributed by atoms with Crippen LogP contribution < -0.4 is 19.5 Å². The van der Waals surface area contributed by atoms with Crippen LogP contribution in [-0.4, -0.2) is 71.0 Å². The Kier molecular flexibility index (Phi) is 10.5. The maximum atomic E-state index is 13.6. The van der Waals surface area contributed by atoms with E-state index >= 15 is 0 Å². The highest BCUT2D eigenvalue weighted by molar-refractivity contribution is 5.95. The molecule has 1 heterocycles. The van der Waals surface area contributed by atoms with Gasteiger partial charge in [0, 0.05) is 31.7 Å². The average Bonchev–Trinajstić information content (AvgIpc) is 3.00. The molecule has 220 valence electrons. The molecule has 1 fully saturated rings. The molecule has 3 aromatic carbocycles. The van der Waals surface area contributed by atoms with E-state index in [2.05, 4.69) is 10.2 Å². The van der Waals surface area contributed by atoms with E-state index in [0.717, 1.165) is 43.5 Å². The summed E-state index contributed by atoms with van der Waals surface area (Å²) in [6.45, 7) is 2.32. The topological polar surface area (TPSA) is 69.3 Å². The Hall–Kier alpha value is -3.69. The summed E-state index contributed by atoms with van der Waals surface area (Å²) in [6.07, 6.45) is 2.26. The molecular formula is C32H38F2N2O5. The molecule has 0 bridgehead atoms. The number of amides is 1. The number of likely N-dealkylation sites (tertiary alicyclic amines) is 1. The molecule has 4 rings (SSSR count). The van der Waals surface area contributed by atoms with Gasteiger partial charge < -0.3 is 29.2 Å². The van der Waals surface area contributed by atoms with Gasteiger partial charge in [-0.2, -0.15) is 0 Å². The van der Waals surface area contributed by atoms with Gasteiger partial charge in [-0.3, -0.25) is 4.79 Å². The van der Waals surface area contributed by atoms with Gasteiger partial charge in [0.1, 0.15) is 11.6 Å². The Morgan fingerprint density at radius 2 is 1.46 bits per heavy atom. The van der Waals surface area contributed by atoms with Crippen LogP contribution in [0.2, 0.25) is 0 Å². The smallest absolute Gasteiger partial charge is 0.251 e. The number of rotatable bonds is 12. The molecule has 2 atom stereocenters. The number of carbonyl (C=O) groups is 1. The number of nitrogens with zero attached hydrogens (tertiary/aromatic N) is 1. The minimum atomic E-state index is -0.280. The minimum absolute atomic E-state index is 0.0322. The largest absolute Gasteiger partial charge is 0.493 e. The van der Waals surface area contributed by atoms with Gasteiger partial charge >= 0.3 is 0 Å². The van der Waals surface area contributed by atoms with Crippen molar-refractivity contribution in [2.24, 2.45) is 0 Å². The van der Waals surface area contributed by atoms with E-state index in [-0.39, 0.29) is 35.6 Å². The Morgan fingerprint density at radius 3 is 1.95 bits per heavy atom. The molecule has 9 heteroatoms. The number of hydrogen-bond acceptors (Lipinski definition) is 6. The second-order valence-electron chi connectivity index (χ2n) is 10.2. The van der Waals surface area contributed by atoms with Gasteiger partial charge in [0.15, 0.2) is 11.5 Å². The standard InChI is InChI=1S/C32H38F2N2O5/c1-38-28-18-23(19-29(39-2)31(28)41-4)32(37)35-27-15-17-36(20-30(27)40-3)16-5-6-26(21-7-11-24(33)12-8-21)22-9-13-25(34)14-10-22/h7-14,18-19,26-27,30H,5-6,15-17,20H2,1-4H3,(H,35,37)/t27-,30-/m1/s1. The molecule has 0 aliphatic carbocycles. The van der Waals surface area contributed by atoms with Gasteiger partial charge in [-0.15, -0.1) is 0 Å². The fourth-order valence-electron chi connectivity index (χ4n) is 5.49. The van der Waals surface area contributed by atoms with Crippen LogP contribution in [0.5, 0.6) is 17.2 Å². The second-order valence-corrected chi connectivity index (χ2v) is 10.2. The SMILES string of the molecule is COc1cc(C(=O)N[C@@H]2CCN(CCCC(c3ccc(F)cc3)c3ccc(F)cc3)C[C@H]2OC)cc(OC)c1OC. The van der Waals surface area contributed by atoms with Crippen molar-refractivity contribution in [3.05, 3.63) is 89.0 Å². The predicted molar refractivity (Wildman–Crippen MR) is 153 cm³/mol. The molecule has 1 amide bonds. The number of piperidine rings is 1. The van der Waals surface area contributed by atoms with Gasteiger partial charge in [0.2, 0.25) is 5.75 Å². The molecule has 0 radical (unpaired) electrons. The third kappa shape index (κ3) is 7.54. The third-order valence-corrected chi connectivity index (χ3v) is 7.70. The molecule has 0 unspecified atom stereocenters. The van der Waals surface area contributed by atoms with Gasteiger partial charge in [0.05, 0.1) is 33.5 Å². The van der Waals surface area contributed by atoms with Gasteiger partial charge in [-0.25, -0.2) is 8.78 Å². The maximum absolute atomic E-state index is 13.6. The zero-order valence-electron chi connectivity index (χ0n) is 24.0. The van der Waals surface area contributed by atoms with Crippen LogP contribution in [0.25, 0.3) is 0 Å². The molecule has 1 saturated heterocycles. The third-order valence-electron chi connectivity index (χ3n) is 7.70. The summed E-state index contributed by atoms with van der Waals surface area (Å²) in [7, 11) is 6.20. The van der Waals surface area contributed by atoms with E-state index < -0.39 is 0 Å². The number of hydrogen-bond donors (Lipinski definition) is 1. The summed E-state index contributed by atoms with van der Waals surface area (Å²) in [6, 6.07) is 16.2. The van der Waals surface area contributed by atoms with Crippen molar-refractivity contribution in [1.29, 1.82) is 0 Å². The molecule has 7 nitrogen and oxygen atoms in total. The first kappa shape index (κ1) is 30.3. The lowest BCUT2D eigenvalue weighted by atomic mass is 9.87. The van der Waals surface area contributed by atoms with Crippen LogP contribution in [0.3, 0.4) is 0 Å². The van der Waals surface area contributed by atoms with E-state index in [1.165, 1.54) is 45.6 Å². The number of carbonyl (C=O) groups excluding carboxylic acids is 1. The van der Waals surface area contributed by atoms with Crippen LogP contribution in [0.1, 0.15) is 46.7 Å². The normalized spacial score (nSPS) is 17.3. The lowest BCUT2D eigenvalue weighted by Crippen LogP contribution is -2.54. The van der Waals surface area contributed by atoms with Gasteiger partial charge in [-0.05, 0) is 73.3 Å². The van der Waals surface area contributed by atoms with Crippen molar-refractivity contribution in [3.8, 4) is 17.2 Å². The Labute approximate surface area is 240 Å². The van der Waals surface area contributed by atoms with Gasteiger partial charge in [-0.1, -0.05) is 24.3 Å². The predicted octanol–water partition coefficient (Wildman–Crippen LogP) is 5.42. The lowest BCUT2D eigenvalue weighted by Gasteiger charge is -2.38. The number of benzene rings is 3. The zero-order valence-corrected chi connectivity index (χ0v) is 24.0. The van der Waals surface area contributed by atoms with Gasteiger partial charge in [0.25, 0.3) is 5.91 Å². The van der Waals surface area contributed by atoms with E-state index in [0.29, 0.717) is 29.4 Å². The number of methoxy groups -OCH3 is 4.